The number of nitrogens with one attached hydrogen (secondary N) is 1. The van der Waals surface area contributed by atoms with E-state index in [4.69, 9.17) is 4.74 Å². The molecule has 94 valence electrons. The molecule has 0 unspecified atom stereocenters. The van der Waals surface area contributed by atoms with E-state index in [9.17, 15) is 0 Å². The topological polar surface area (TPSA) is 21.3 Å². The Morgan fingerprint density at radius 2 is 2.12 bits per heavy atom. The summed E-state index contributed by atoms with van der Waals surface area (Å²) in [6.45, 7) is 7.66. The largest absolute Gasteiger partial charge is 0.489 e. The standard InChI is InChI=1S/C14H20BrNO/c1-10(2)5-6-17-14-11(3)7-13(15)8-12(14)9-16-4/h5,7-8,16H,6,9H2,1-4H3. The lowest BCUT2D eigenvalue weighted by molar-refractivity contribution is 0.354. The lowest BCUT2D eigenvalue weighted by atomic mass is 10.1. The molecule has 0 fully saturated rings. The molecule has 0 aromatic heterocycles. The van der Waals surface area contributed by atoms with E-state index >= 15 is 0 Å². The third-order valence-electron chi connectivity index (χ3n) is 2.40. The Labute approximate surface area is 112 Å². The Bertz CT molecular complexity index is 409. The number of allylic oxidation sites excluding steroid dienone is 1. The summed E-state index contributed by atoms with van der Waals surface area (Å²) < 4.78 is 6.94. The van der Waals surface area contributed by atoms with Gasteiger partial charge >= 0.3 is 0 Å². The summed E-state index contributed by atoms with van der Waals surface area (Å²) in [7, 11) is 1.94. The molecule has 0 aliphatic rings. The van der Waals surface area contributed by atoms with Gasteiger partial charge in [-0.25, -0.2) is 0 Å². The van der Waals surface area contributed by atoms with Gasteiger partial charge in [0.05, 0.1) is 0 Å². The van der Waals surface area contributed by atoms with Crippen molar-refractivity contribution in [1.29, 1.82) is 0 Å². The monoisotopic (exact) mass is 297 g/mol. The highest BCUT2D eigenvalue weighted by Gasteiger charge is 2.07. The average Bonchev–Trinajstić information content (AvgIpc) is 2.21. The summed E-state index contributed by atoms with van der Waals surface area (Å²) >= 11 is 3.51. The van der Waals surface area contributed by atoms with Crippen LogP contribution in [0.15, 0.2) is 28.3 Å². The van der Waals surface area contributed by atoms with Crippen LogP contribution in [0.25, 0.3) is 0 Å². The quantitative estimate of drug-likeness (QED) is 0.834. The molecule has 3 heteroatoms. The third-order valence-corrected chi connectivity index (χ3v) is 2.86. The van der Waals surface area contributed by atoms with Gasteiger partial charge in [-0.2, -0.15) is 0 Å². The molecule has 0 aliphatic heterocycles. The SMILES string of the molecule is CNCc1cc(Br)cc(C)c1OCC=C(C)C. The number of halogens is 1. The molecule has 0 saturated heterocycles. The number of rotatable bonds is 5. The van der Waals surface area contributed by atoms with Crippen molar-refractivity contribution in [3.63, 3.8) is 0 Å². The predicted molar refractivity (Wildman–Crippen MR) is 76.6 cm³/mol. The zero-order valence-corrected chi connectivity index (χ0v) is 12.5. The molecule has 0 heterocycles. The molecule has 2 nitrogen and oxygen atoms in total. The Kier molecular flexibility index (Phi) is 5.72. The van der Waals surface area contributed by atoms with Crippen molar-refractivity contribution in [3.05, 3.63) is 39.4 Å². The zero-order valence-electron chi connectivity index (χ0n) is 10.9. The van der Waals surface area contributed by atoms with Gasteiger partial charge in [0.15, 0.2) is 0 Å². The molecule has 0 saturated carbocycles. The second kappa shape index (κ2) is 6.82. The van der Waals surface area contributed by atoms with Crippen LogP contribution in [0.4, 0.5) is 0 Å². The second-order valence-corrected chi connectivity index (χ2v) is 5.25. The highest BCUT2D eigenvalue weighted by atomic mass is 79.9. The number of aryl methyl sites for hydroxylation is 1. The van der Waals surface area contributed by atoms with Crippen molar-refractivity contribution >= 4 is 15.9 Å². The maximum absolute atomic E-state index is 5.85. The summed E-state index contributed by atoms with van der Waals surface area (Å²) in [6, 6.07) is 4.18. The summed E-state index contributed by atoms with van der Waals surface area (Å²) in [6.07, 6.45) is 2.09. The van der Waals surface area contributed by atoms with Crippen LogP contribution in [0.3, 0.4) is 0 Å². The first-order chi connectivity index (χ1) is 8.04. The molecule has 1 aromatic rings. The first kappa shape index (κ1) is 14.3. The van der Waals surface area contributed by atoms with E-state index in [1.54, 1.807) is 0 Å². The van der Waals surface area contributed by atoms with Gasteiger partial charge in [0, 0.05) is 16.6 Å². The van der Waals surface area contributed by atoms with E-state index in [-0.39, 0.29) is 0 Å². The molecule has 17 heavy (non-hydrogen) atoms. The summed E-state index contributed by atoms with van der Waals surface area (Å²) in [4.78, 5) is 0. The zero-order chi connectivity index (χ0) is 12.8. The number of hydrogen-bond acceptors (Lipinski definition) is 2. The van der Waals surface area contributed by atoms with Gasteiger partial charge in [0.1, 0.15) is 12.4 Å². The number of hydrogen-bond donors (Lipinski definition) is 1. The van der Waals surface area contributed by atoms with E-state index in [0.717, 1.165) is 22.3 Å². The molecule has 1 N–H and O–H groups in total. The van der Waals surface area contributed by atoms with Gasteiger partial charge in [-0.3, -0.25) is 0 Å². The van der Waals surface area contributed by atoms with Gasteiger partial charge in [0.2, 0.25) is 0 Å². The molecule has 0 aliphatic carbocycles. The minimum Gasteiger partial charge on any atom is -0.489 e. The maximum atomic E-state index is 5.85. The molecule has 0 radical (unpaired) electrons. The van der Waals surface area contributed by atoms with Crippen LogP contribution in [-0.4, -0.2) is 13.7 Å². The average molecular weight is 298 g/mol. The highest BCUT2D eigenvalue weighted by molar-refractivity contribution is 9.10. The Balaban J connectivity index is 2.91. The van der Waals surface area contributed by atoms with E-state index in [1.165, 1.54) is 11.1 Å². The summed E-state index contributed by atoms with van der Waals surface area (Å²) in [5, 5.41) is 3.16. The summed E-state index contributed by atoms with van der Waals surface area (Å²) in [5.74, 6) is 0.986. The fourth-order valence-electron chi connectivity index (χ4n) is 1.62. The van der Waals surface area contributed by atoms with Crippen LogP contribution in [0.1, 0.15) is 25.0 Å². The van der Waals surface area contributed by atoms with E-state index in [2.05, 4.69) is 60.2 Å². The molecule has 0 spiro atoms. The Morgan fingerprint density at radius 1 is 1.41 bits per heavy atom. The second-order valence-electron chi connectivity index (χ2n) is 4.33. The van der Waals surface area contributed by atoms with Crippen LogP contribution in [0.5, 0.6) is 5.75 Å². The fourth-order valence-corrected chi connectivity index (χ4v) is 2.24. The number of benzene rings is 1. The molecule has 0 bridgehead atoms. The van der Waals surface area contributed by atoms with Crippen LogP contribution < -0.4 is 10.1 Å². The van der Waals surface area contributed by atoms with Crippen LogP contribution in [0.2, 0.25) is 0 Å². The van der Waals surface area contributed by atoms with Gasteiger partial charge in [-0.05, 0) is 51.6 Å². The third kappa shape index (κ3) is 4.52. The molecule has 1 rings (SSSR count). The van der Waals surface area contributed by atoms with Gasteiger partial charge in [-0.15, -0.1) is 0 Å². The molecule has 0 amide bonds. The maximum Gasteiger partial charge on any atom is 0.127 e. The van der Waals surface area contributed by atoms with E-state index in [0.29, 0.717) is 6.61 Å². The smallest absolute Gasteiger partial charge is 0.127 e. The van der Waals surface area contributed by atoms with Gasteiger partial charge < -0.3 is 10.1 Å². The van der Waals surface area contributed by atoms with E-state index in [1.807, 2.05) is 7.05 Å². The van der Waals surface area contributed by atoms with Crippen molar-refractivity contribution in [2.24, 2.45) is 0 Å². The Morgan fingerprint density at radius 3 is 2.71 bits per heavy atom. The molecular weight excluding hydrogens is 278 g/mol. The minimum absolute atomic E-state index is 0.627. The van der Waals surface area contributed by atoms with E-state index < -0.39 is 0 Å². The van der Waals surface area contributed by atoms with Crippen LogP contribution in [0, 0.1) is 6.92 Å². The molecule has 1 aromatic carbocycles. The first-order valence-electron chi connectivity index (χ1n) is 5.74. The van der Waals surface area contributed by atoms with Gasteiger partial charge in [0.25, 0.3) is 0 Å². The van der Waals surface area contributed by atoms with Gasteiger partial charge in [-0.1, -0.05) is 21.5 Å². The lowest BCUT2D eigenvalue weighted by Gasteiger charge is -2.14. The van der Waals surface area contributed by atoms with Crippen LogP contribution in [-0.2, 0) is 6.54 Å². The first-order valence-corrected chi connectivity index (χ1v) is 6.53. The molecule has 0 atom stereocenters. The van der Waals surface area contributed by atoms with Crippen molar-refractivity contribution in [2.75, 3.05) is 13.7 Å². The van der Waals surface area contributed by atoms with Crippen molar-refractivity contribution in [2.45, 2.75) is 27.3 Å². The number of ether oxygens (including phenoxy) is 1. The molecular formula is C14H20BrNO. The normalized spacial score (nSPS) is 10.2. The van der Waals surface area contributed by atoms with Crippen molar-refractivity contribution in [1.82, 2.24) is 5.32 Å². The summed E-state index contributed by atoms with van der Waals surface area (Å²) in [5.41, 5.74) is 3.61. The lowest BCUT2D eigenvalue weighted by Crippen LogP contribution is -2.09. The Hall–Kier alpha value is -0.800. The fraction of sp³-hybridized carbons (Fsp3) is 0.429. The van der Waals surface area contributed by atoms with Crippen molar-refractivity contribution < 1.29 is 4.74 Å². The van der Waals surface area contributed by atoms with Crippen LogP contribution >= 0.6 is 15.9 Å². The highest BCUT2D eigenvalue weighted by Crippen LogP contribution is 2.28. The minimum atomic E-state index is 0.627. The predicted octanol–water partition coefficient (Wildman–Crippen LogP) is 3.82. The van der Waals surface area contributed by atoms with Crippen molar-refractivity contribution in [3.8, 4) is 5.75 Å².